The quantitative estimate of drug-likeness (QED) is 0.465. The van der Waals surface area contributed by atoms with Crippen LogP contribution in [0.25, 0.3) is 0 Å². The Morgan fingerprint density at radius 3 is 2.62 bits per heavy atom. The van der Waals surface area contributed by atoms with Crippen LogP contribution in [0.4, 0.5) is 17.1 Å². The van der Waals surface area contributed by atoms with E-state index in [0.717, 1.165) is 41.8 Å². The van der Waals surface area contributed by atoms with Crippen molar-refractivity contribution in [2.45, 2.75) is 25.3 Å². The summed E-state index contributed by atoms with van der Waals surface area (Å²) in [4.78, 5) is 40.2. The lowest BCUT2D eigenvalue weighted by Crippen LogP contribution is -2.36. The normalized spacial score (nSPS) is 15.4. The smallest absolute Gasteiger partial charge is 0.326 e. The van der Waals surface area contributed by atoms with Gasteiger partial charge in [0.2, 0.25) is 0 Å². The molecule has 1 aliphatic carbocycles. The number of nitrogens with one attached hydrogen (secondary N) is 4. The number of benzene rings is 2. The second-order valence-corrected chi connectivity index (χ2v) is 6.98. The molecule has 1 atom stereocenters. The van der Waals surface area contributed by atoms with Gasteiger partial charge in [-0.2, -0.15) is 0 Å². The summed E-state index contributed by atoms with van der Waals surface area (Å²) in [5.74, 6) is -0.579. The van der Waals surface area contributed by atoms with Crippen LogP contribution in [0.3, 0.4) is 0 Å². The van der Waals surface area contributed by atoms with Crippen molar-refractivity contribution in [3.8, 4) is 0 Å². The number of nitrogen functional groups attached to an aromatic ring is 1. The molecule has 1 aromatic heterocycles. The molecule has 0 saturated carbocycles. The maximum absolute atomic E-state index is 12.7. The van der Waals surface area contributed by atoms with Gasteiger partial charge in [0.25, 0.3) is 11.5 Å². The zero-order valence-corrected chi connectivity index (χ0v) is 15.6. The first-order valence-corrected chi connectivity index (χ1v) is 9.39. The van der Waals surface area contributed by atoms with E-state index in [4.69, 9.17) is 5.73 Å². The van der Waals surface area contributed by atoms with Crippen molar-refractivity contribution in [1.29, 1.82) is 0 Å². The lowest BCUT2D eigenvalue weighted by atomic mass is 9.86. The van der Waals surface area contributed by atoms with E-state index in [1.165, 1.54) is 0 Å². The Labute approximate surface area is 166 Å². The topological polar surface area (TPSA) is 133 Å². The lowest BCUT2D eigenvalue weighted by Gasteiger charge is -2.28. The number of para-hydroxylation sites is 1. The van der Waals surface area contributed by atoms with Crippen LogP contribution in [0.1, 0.15) is 40.5 Å². The Morgan fingerprint density at radius 2 is 1.83 bits per heavy atom. The van der Waals surface area contributed by atoms with Crippen LogP contribution in [-0.4, -0.2) is 15.9 Å². The van der Waals surface area contributed by atoms with Crippen molar-refractivity contribution in [3.05, 3.63) is 86.2 Å². The number of fused-ring (bicyclic) bond motifs is 1. The Kier molecular flexibility index (Phi) is 4.90. The Hall–Kier alpha value is -3.81. The fourth-order valence-electron chi connectivity index (χ4n) is 3.70. The van der Waals surface area contributed by atoms with Crippen LogP contribution in [0.2, 0.25) is 0 Å². The van der Waals surface area contributed by atoms with Crippen LogP contribution in [0.15, 0.2) is 58.1 Å². The fraction of sp³-hybridized carbons (Fsp3) is 0.190. The molecule has 0 fully saturated rings. The summed E-state index contributed by atoms with van der Waals surface area (Å²) in [6, 6.07) is 15.6. The molecule has 2 aromatic carbocycles. The Balaban J connectivity index is 1.62. The first-order valence-electron chi connectivity index (χ1n) is 9.39. The van der Waals surface area contributed by atoms with Crippen molar-refractivity contribution in [2.75, 3.05) is 11.1 Å². The molecule has 1 unspecified atom stereocenters. The molecule has 8 nitrogen and oxygen atoms in total. The van der Waals surface area contributed by atoms with Gasteiger partial charge in [-0.3, -0.25) is 14.6 Å². The number of rotatable bonds is 4. The molecule has 148 valence electrons. The van der Waals surface area contributed by atoms with E-state index in [9.17, 15) is 14.4 Å². The molecule has 3 aromatic rings. The van der Waals surface area contributed by atoms with Gasteiger partial charge in [0.05, 0.1) is 6.04 Å². The van der Waals surface area contributed by atoms with Crippen molar-refractivity contribution < 1.29 is 4.79 Å². The van der Waals surface area contributed by atoms with Crippen molar-refractivity contribution >= 4 is 23.0 Å². The van der Waals surface area contributed by atoms with Crippen molar-refractivity contribution in [1.82, 2.24) is 15.3 Å². The molecule has 6 N–H and O–H groups in total. The molecule has 4 rings (SSSR count). The van der Waals surface area contributed by atoms with Gasteiger partial charge in [-0.15, -0.1) is 0 Å². The number of aromatic amines is 2. The zero-order chi connectivity index (χ0) is 20.4. The van der Waals surface area contributed by atoms with Crippen molar-refractivity contribution in [3.63, 3.8) is 0 Å². The van der Waals surface area contributed by atoms with Gasteiger partial charge >= 0.3 is 5.69 Å². The van der Waals surface area contributed by atoms with Crippen LogP contribution in [-0.2, 0) is 6.42 Å². The summed E-state index contributed by atoms with van der Waals surface area (Å²) >= 11 is 0. The summed E-state index contributed by atoms with van der Waals surface area (Å²) < 4.78 is 0. The third-order valence-electron chi connectivity index (χ3n) is 5.07. The minimum Gasteiger partial charge on any atom is -0.392 e. The summed E-state index contributed by atoms with van der Waals surface area (Å²) in [7, 11) is 0. The number of carbonyl (C=O) groups is 1. The monoisotopic (exact) mass is 391 g/mol. The molecule has 0 aliphatic heterocycles. The van der Waals surface area contributed by atoms with Gasteiger partial charge in [0, 0.05) is 11.4 Å². The summed E-state index contributed by atoms with van der Waals surface area (Å²) in [6.45, 7) is 0. The number of aromatic nitrogens is 2. The molecule has 0 saturated heterocycles. The van der Waals surface area contributed by atoms with Crippen LogP contribution >= 0.6 is 0 Å². The minimum absolute atomic E-state index is 0.218. The third-order valence-corrected chi connectivity index (χ3v) is 5.07. The number of amides is 1. The second kappa shape index (κ2) is 7.67. The predicted molar refractivity (Wildman–Crippen MR) is 111 cm³/mol. The average molecular weight is 391 g/mol. The maximum atomic E-state index is 12.7. The summed E-state index contributed by atoms with van der Waals surface area (Å²) in [5, 5.41) is 6.34. The van der Waals surface area contributed by atoms with E-state index in [1.54, 1.807) is 0 Å². The predicted octanol–water partition coefficient (Wildman–Crippen LogP) is 2.20. The Morgan fingerprint density at radius 1 is 1.03 bits per heavy atom. The zero-order valence-electron chi connectivity index (χ0n) is 15.6. The van der Waals surface area contributed by atoms with Gasteiger partial charge in [0.1, 0.15) is 11.4 Å². The first-order chi connectivity index (χ1) is 14.0. The van der Waals surface area contributed by atoms with E-state index < -0.39 is 17.2 Å². The molecular formula is C21H21N5O3. The Bertz CT molecular complexity index is 1170. The van der Waals surface area contributed by atoms with E-state index >= 15 is 0 Å². The highest BCUT2D eigenvalue weighted by molar-refractivity contribution is 5.97. The van der Waals surface area contributed by atoms with Crippen molar-refractivity contribution in [2.24, 2.45) is 0 Å². The fourth-order valence-corrected chi connectivity index (χ4v) is 3.70. The first kappa shape index (κ1) is 18.5. The molecule has 1 amide bonds. The van der Waals surface area contributed by atoms with Gasteiger partial charge < -0.3 is 21.4 Å². The van der Waals surface area contributed by atoms with Crippen LogP contribution in [0, 0.1) is 0 Å². The lowest BCUT2D eigenvalue weighted by molar-refractivity contribution is 0.0928. The SMILES string of the molecule is Nc1c(C(=O)NC2CCCc3c(Nc4ccccc4)cccc32)[nH]c(=O)[nH]c1=O. The van der Waals surface area contributed by atoms with E-state index in [-0.39, 0.29) is 17.4 Å². The number of hydrogen-bond acceptors (Lipinski definition) is 5. The van der Waals surface area contributed by atoms with Gasteiger partial charge in [-0.1, -0.05) is 30.3 Å². The molecular weight excluding hydrogens is 370 g/mol. The van der Waals surface area contributed by atoms with Crippen LogP contribution < -0.4 is 27.6 Å². The van der Waals surface area contributed by atoms with E-state index in [2.05, 4.69) is 15.6 Å². The number of anilines is 3. The highest BCUT2D eigenvalue weighted by Gasteiger charge is 2.25. The minimum atomic E-state index is -0.780. The number of carbonyl (C=O) groups excluding carboxylic acids is 1. The number of nitrogens with two attached hydrogens (primary N) is 1. The molecule has 0 spiro atoms. The highest BCUT2D eigenvalue weighted by Crippen LogP contribution is 2.35. The molecule has 1 aliphatic rings. The third kappa shape index (κ3) is 3.77. The second-order valence-electron chi connectivity index (χ2n) is 6.98. The van der Waals surface area contributed by atoms with Gasteiger partial charge in [-0.05, 0) is 48.6 Å². The molecule has 0 radical (unpaired) electrons. The number of hydrogen-bond donors (Lipinski definition) is 5. The van der Waals surface area contributed by atoms with Gasteiger partial charge in [-0.25, -0.2) is 4.79 Å². The number of H-pyrrole nitrogens is 2. The van der Waals surface area contributed by atoms with E-state index in [0.29, 0.717) is 0 Å². The highest BCUT2D eigenvalue weighted by atomic mass is 16.2. The molecule has 8 heteroatoms. The molecule has 0 bridgehead atoms. The largest absolute Gasteiger partial charge is 0.392 e. The van der Waals surface area contributed by atoms with Crippen LogP contribution in [0.5, 0.6) is 0 Å². The molecule has 1 heterocycles. The van der Waals surface area contributed by atoms with E-state index in [1.807, 2.05) is 53.5 Å². The maximum Gasteiger partial charge on any atom is 0.326 e. The standard InChI is InChI=1S/C21H21N5O3/c22-17-18(25-21(29)26-19(17)27)20(28)24-16-11-5-8-13-14(16)9-4-10-15(13)23-12-6-2-1-3-7-12/h1-4,6-7,9-10,16,23H,5,8,11,22H2,(H,24,28)(H2,25,26,27,29). The summed E-state index contributed by atoms with van der Waals surface area (Å²) in [5.41, 5.74) is 7.73. The summed E-state index contributed by atoms with van der Waals surface area (Å²) in [6.07, 6.45) is 2.54. The van der Waals surface area contributed by atoms with Gasteiger partial charge in [0.15, 0.2) is 0 Å². The average Bonchev–Trinajstić information content (AvgIpc) is 2.72. The molecule has 29 heavy (non-hydrogen) atoms.